The van der Waals surface area contributed by atoms with Crippen LogP contribution in [-0.4, -0.2) is 59.5 Å². The second-order valence-corrected chi connectivity index (χ2v) is 9.80. The van der Waals surface area contributed by atoms with Crippen molar-refractivity contribution in [3.63, 3.8) is 0 Å². The van der Waals surface area contributed by atoms with Crippen molar-refractivity contribution < 1.29 is 14.6 Å². The number of aromatic nitrogens is 2. The lowest BCUT2D eigenvalue weighted by molar-refractivity contribution is 0.00700. The Balaban J connectivity index is 1.44. The molecule has 0 radical (unpaired) electrons. The van der Waals surface area contributed by atoms with E-state index in [9.17, 15) is 9.90 Å². The molecule has 0 amide bonds. The van der Waals surface area contributed by atoms with Gasteiger partial charge in [0.15, 0.2) is 0 Å². The third-order valence-corrected chi connectivity index (χ3v) is 6.81. The Hall–Kier alpha value is -2.88. The number of thiophene rings is 1. The highest BCUT2D eigenvalue weighted by Gasteiger charge is 2.17. The van der Waals surface area contributed by atoms with Crippen molar-refractivity contribution in [3.05, 3.63) is 87.3 Å². The zero-order valence-corrected chi connectivity index (χ0v) is 21.6. The van der Waals surface area contributed by atoms with E-state index in [4.69, 9.17) is 14.5 Å². The summed E-state index contributed by atoms with van der Waals surface area (Å²) in [5.74, 6) is 0.583. The fourth-order valence-electron chi connectivity index (χ4n) is 4.13. The van der Waals surface area contributed by atoms with Gasteiger partial charge in [-0.3, -0.25) is 9.69 Å². The third kappa shape index (κ3) is 7.09. The molecule has 0 fully saturated rings. The molecule has 0 unspecified atom stereocenters. The first-order valence-corrected chi connectivity index (χ1v) is 13.0. The number of hydrogen-bond acceptors (Lipinski definition) is 7. The molecule has 2 aromatic carbocycles. The van der Waals surface area contributed by atoms with E-state index in [1.807, 2.05) is 66.9 Å². The minimum atomic E-state index is -0.665. The average molecular weight is 508 g/mol. The monoisotopic (exact) mass is 507 g/mol. The van der Waals surface area contributed by atoms with Gasteiger partial charge in [0.2, 0.25) is 0 Å². The zero-order chi connectivity index (χ0) is 25.3. The quantitative estimate of drug-likeness (QED) is 0.261. The number of benzene rings is 2. The number of H-pyrrole nitrogens is 1. The molecule has 0 aliphatic heterocycles. The summed E-state index contributed by atoms with van der Waals surface area (Å²) < 4.78 is 10.9. The van der Waals surface area contributed by atoms with Crippen molar-refractivity contribution in [2.24, 2.45) is 0 Å². The number of nitrogens with zero attached hydrogens (tertiary/aromatic N) is 2. The van der Waals surface area contributed by atoms with Crippen LogP contribution < -0.4 is 5.56 Å². The fraction of sp³-hybridized carbons (Fsp3) is 0.357. The number of aromatic amines is 1. The van der Waals surface area contributed by atoms with E-state index in [-0.39, 0.29) is 12.2 Å². The minimum absolute atomic E-state index is 0.143. The molecule has 0 bridgehead atoms. The van der Waals surface area contributed by atoms with Crippen LogP contribution in [-0.2, 0) is 22.6 Å². The number of hydrogen-bond donors (Lipinski definition) is 2. The van der Waals surface area contributed by atoms with E-state index in [2.05, 4.69) is 9.88 Å². The Kier molecular flexibility index (Phi) is 9.38. The van der Waals surface area contributed by atoms with Gasteiger partial charge in [-0.15, -0.1) is 11.3 Å². The summed E-state index contributed by atoms with van der Waals surface area (Å²) in [6.45, 7) is 4.86. The molecule has 0 saturated carbocycles. The van der Waals surface area contributed by atoms with E-state index in [1.165, 1.54) is 16.9 Å². The first-order chi connectivity index (χ1) is 17.5. The lowest BCUT2D eigenvalue weighted by Crippen LogP contribution is -2.36. The summed E-state index contributed by atoms with van der Waals surface area (Å²) in [5.41, 5.74) is 4.01. The molecule has 4 rings (SSSR count). The SMILES string of the molecule is COCCCN(Cc1nc2scc(-c3ccc(C)cc3)c2c(=O)[nH]1)C[C@@H](O)COCc1ccccc1. The molecule has 4 aromatic rings. The van der Waals surface area contributed by atoms with Gasteiger partial charge in [-0.05, 0) is 24.5 Å². The summed E-state index contributed by atoms with van der Waals surface area (Å²) in [5, 5.41) is 13.2. The van der Waals surface area contributed by atoms with Gasteiger partial charge in [0.1, 0.15) is 10.7 Å². The van der Waals surface area contributed by atoms with Crippen LogP contribution in [0.4, 0.5) is 0 Å². The second kappa shape index (κ2) is 12.9. The summed E-state index contributed by atoms with van der Waals surface area (Å²) in [6, 6.07) is 18.0. The highest BCUT2D eigenvalue weighted by molar-refractivity contribution is 7.17. The van der Waals surface area contributed by atoms with Crippen molar-refractivity contribution in [2.75, 3.05) is 33.4 Å². The number of fused-ring (bicyclic) bond motifs is 1. The van der Waals surface area contributed by atoms with Gasteiger partial charge in [-0.1, -0.05) is 60.2 Å². The van der Waals surface area contributed by atoms with E-state index >= 15 is 0 Å². The summed E-state index contributed by atoms with van der Waals surface area (Å²) in [4.78, 5) is 23.6. The topological polar surface area (TPSA) is 87.7 Å². The number of aliphatic hydroxyl groups excluding tert-OH is 1. The Morgan fingerprint density at radius 1 is 1.14 bits per heavy atom. The molecule has 2 aromatic heterocycles. The van der Waals surface area contributed by atoms with Gasteiger partial charge in [-0.25, -0.2) is 4.98 Å². The third-order valence-electron chi connectivity index (χ3n) is 5.94. The Bertz CT molecular complexity index is 1290. The largest absolute Gasteiger partial charge is 0.389 e. The van der Waals surface area contributed by atoms with Crippen molar-refractivity contribution in [3.8, 4) is 11.1 Å². The molecule has 0 saturated heterocycles. The Morgan fingerprint density at radius 3 is 2.67 bits per heavy atom. The number of ether oxygens (including phenoxy) is 2. The molecule has 2 N–H and O–H groups in total. The maximum Gasteiger partial charge on any atom is 0.260 e. The van der Waals surface area contributed by atoms with Crippen LogP contribution in [0.1, 0.15) is 23.4 Å². The first kappa shape index (κ1) is 26.2. The molecular formula is C28H33N3O4S. The van der Waals surface area contributed by atoms with Crippen LogP contribution >= 0.6 is 11.3 Å². The summed E-state index contributed by atoms with van der Waals surface area (Å²) in [7, 11) is 1.67. The van der Waals surface area contributed by atoms with E-state index < -0.39 is 6.10 Å². The molecule has 7 nitrogen and oxygen atoms in total. The van der Waals surface area contributed by atoms with Crippen LogP contribution in [0, 0.1) is 6.92 Å². The zero-order valence-electron chi connectivity index (χ0n) is 20.8. The predicted molar refractivity (Wildman–Crippen MR) is 144 cm³/mol. The number of methoxy groups -OCH3 is 1. The van der Waals surface area contributed by atoms with Crippen molar-refractivity contribution >= 4 is 21.6 Å². The van der Waals surface area contributed by atoms with Crippen molar-refractivity contribution in [1.82, 2.24) is 14.9 Å². The Labute approximate surface area is 215 Å². The number of rotatable bonds is 13. The molecule has 0 aliphatic carbocycles. The minimum Gasteiger partial charge on any atom is -0.389 e. The van der Waals surface area contributed by atoms with Crippen LogP contribution in [0.5, 0.6) is 0 Å². The average Bonchev–Trinajstić information content (AvgIpc) is 3.30. The van der Waals surface area contributed by atoms with Gasteiger partial charge in [0, 0.05) is 37.7 Å². The van der Waals surface area contributed by atoms with Crippen LogP contribution in [0.15, 0.2) is 64.8 Å². The molecule has 36 heavy (non-hydrogen) atoms. The van der Waals surface area contributed by atoms with Gasteiger partial charge in [0.25, 0.3) is 5.56 Å². The molecular weight excluding hydrogens is 474 g/mol. The van der Waals surface area contributed by atoms with Gasteiger partial charge in [0.05, 0.1) is 31.2 Å². The summed E-state index contributed by atoms with van der Waals surface area (Å²) in [6.07, 6.45) is 0.138. The van der Waals surface area contributed by atoms with E-state index in [0.717, 1.165) is 23.1 Å². The lowest BCUT2D eigenvalue weighted by atomic mass is 10.1. The fourth-order valence-corrected chi connectivity index (χ4v) is 5.10. The second-order valence-electron chi connectivity index (χ2n) is 8.94. The van der Waals surface area contributed by atoms with Gasteiger partial charge < -0.3 is 19.6 Å². The van der Waals surface area contributed by atoms with Crippen molar-refractivity contribution in [1.29, 1.82) is 0 Å². The first-order valence-electron chi connectivity index (χ1n) is 12.1. The molecule has 190 valence electrons. The standard InChI is InChI=1S/C28H33N3O4S/c1-20-9-11-22(12-10-20)24-19-36-28-26(24)27(33)29-25(30-28)16-31(13-6-14-34-2)15-23(32)18-35-17-21-7-4-3-5-8-21/h3-5,7-12,19,23,32H,6,13-18H2,1-2H3,(H,29,30,33)/t23-/m1/s1. The van der Waals surface area contributed by atoms with Gasteiger partial charge >= 0.3 is 0 Å². The van der Waals surface area contributed by atoms with Crippen LogP contribution in [0.3, 0.4) is 0 Å². The molecule has 8 heteroatoms. The van der Waals surface area contributed by atoms with Crippen LogP contribution in [0.2, 0.25) is 0 Å². The van der Waals surface area contributed by atoms with Crippen molar-refractivity contribution in [2.45, 2.75) is 32.6 Å². The highest BCUT2D eigenvalue weighted by atomic mass is 32.1. The smallest absolute Gasteiger partial charge is 0.260 e. The normalized spacial score (nSPS) is 12.4. The number of aryl methyl sites for hydroxylation is 1. The Morgan fingerprint density at radius 2 is 1.92 bits per heavy atom. The maximum absolute atomic E-state index is 13.1. The molecule has 1 atom stereocenters. The maximum atomic E-state index is 13.1. The van der Waals surface area contributed by atoms with E-state index in [0.29, 0.717) is 48.9 Å². The lowest BCUT2D eigenvalue weighted by Gasteiger charge is -2.24. The predicted octanol–water partition coefficient (Wildman–Crippen LogP) is 4.38. The van der Waals surface area contributed by atoms with Crippen LogP contribution in [0.25, 0.3) is 21.3 Å². The van der Waals surface area contributed by atoms with E-state index in [1.54, 1.807) is 7.11 Å². The number of aliphatic hydroxyl groups is 1. The number of nitrogens with one attached hydrogen (secondary N) is 1. The molecule has 2 heterocycles. The van der Waals surface area contributed by atoms with Gasteiger partial charge in [-0.2, -0.15) is 0 Å². The highest BCUT2D eigenvalue weighted by Crippen LogP contribution is 2.30. The molecule has 0 spiro atoms. The summed E-state index contributed by atoms with van der Waals surface area (Å²) >= 11 is 1.47. The molecule has 0 aliphatic rings.